The Morgan fingerprint density at radius 2 is 1.89 bits per heavy atom. The van der Waals surface area contributed by atoms with E-state index in [2.05, 4.69) is 5.32 Å². The molecule has 0 spiro atoms. The Morgan fingerprint density at radius 3 is 2.37 bits per heavy atom. The standard InChI is InChI=1S/C12H17ClN4O2/c1-12(2,11(16)19)5-17-9-7(10(15)18)3-6(14)4-8(9)13/h3-4,17H,5,14H2,1-2H3,(H2,15,18)(H2,16,19). The first-order valence-corrected chi connectivity index (χ1v) is 5.95. The first kappa shape index (κ1) is 15.1. The zero-order valence-corrected chi connectivity index (χ0v) is 11.5. The van der Waals surface area contributed by atoms with Crippen molar-refractivity contribution < 1.29 is 9.59 Å². The number of hydrogen-bond donors (Lipinski definition) is 4. The van der Waals surface area contributed by atoms with Crippen molar-refractivity contribution in [1.82, 2.24) is 0 Å². The quantitative estimate of drug-likeness (QED) is 0.601. The van der Waals surface area contributed by atoms with E-state index in [4.69, 9.17) is 28.8 Å². The average molecular weight is 285 g/mol. The molecule has 7 heteroatoms. The number of carbonyl (C=O) groups excluding carboxylic acids is 2. The SMILES string of the molecule is CC(C)(CNc1c(Cl)cc(N)cc1C(N)=O)C(N)=O. The molecule has 0 fully saturated rings. The highest BCUT2D eigenvalue weighted by Crippen LogP contribution is 2.30. The smallest absolute Gasteiger partial charge is 0.250 e. The number of amides is 2. The fraction of sp³-hybridized carbons (Fsp3) is 0.333. The van der Waals surface area contributed by atoms with Crippen LogP contribution in [0.4, 0.5) is 11.4 Å². The fourth-order valence-electron chi connectivity index (χ4n) is 1.40. The molecule has 0 saturated heterocycles. The second-order valence-electron chi connectivity index (χ2n) is 4.89. The largest absolute Gasteiger partial charge is 0.399 e. The van der Waals surface area contributed by atoms with Crippen molar-refractivity contribution in [3.8, 4) is 0 Å². The number of nitrogens with two attached hydrogens (primary N) is 3. The van der Waals surface area contributed by atoms with E-state index in [-0.39, 0.29) is 17.1 Å². The van der Waals surface area contributed by atoms with Gasteiger partial charge in [-0.05, 0) is 26.0 Å². The maximum absolute atomic E-state index is 11.4. The van der Waals surface area contributed by atoms with E-state index >= 15 is 0 Å². The number of nitrogen functional groups attached to an aromatic ring is 1. The lowest BCUT2D eigenvalue weighted by Crippen LogP contribution is -2.37. The van der Waals surface area contributed by atoms with Gasteiger partial charge in [-0.1, -0.05) is 11.6 Å². The summed E-state index contributed by atoms with van der Waals surface area (Å²) in [5.41, 5.74) is 16.2. The zero-order valence-electron chi connectivity index (χ0n) is 10.8. The third-order valence-corrected chi connectivity index (χ3v) is 3.05. The molecule has 1 aromatic rings. The highest BCUT2D eigenvalue weighted by Gasteiger charge is 2.25. The van der Waals surface area contributed by atoms with Crippen molar-refractivity contribution in [3.05, 3.63) is 22.7 Å². The van der Waals surface area contributed by atoms with Crippen molar-refractivity contribution in [1.29, 1.82) is 0 Å². The van der Waals surface area contributed by atoms with Crippen LogP contribution in [0.1, 0.15) is 24.2 Å². The summed E-state index contributed by atoms with van der Waals surface area (Å²) in [6, 6.07) is 2.92. The molecule has 0 aliphatic rings. The van der Waals surface area contributed by atoms with Crippen LogP contribution < -0.4 is 22.5 Å². The van der Waals surface area contributed by atoms with Gasteiger partial charge in [-0.3, -0.25) is 9.59 Å². The van der Waals surface area contributed by atoms with Crippen LogP contribution in [0.25, 0.3) is 0 Å². The van der Waals surface area contributed by atoms with Crippen molar-refractivity contribution in [2.24, 2.45) is 16.9 Å². The molecule has 0 radical (unpaired) electrons. The van der Waals surface area contributed by atoms with Gasteiger partial charge in [0.05, 0.1) is 21.7 Å². The molecule has 1 aromatic carbocycles. The third-order valence-electron chi connectivity index (χ3n) is 2.75. The van der Waals surface area contributed by atoms with E-state index in [1.807, 2.05) is 0 Å². The summed E-state index contributed by atoms with van der Waals surface area (Å²) in [6.45, 7) is 3.57. The summed E-state index contributed by atoms with van der Waals surface area (Å²) in [5, 5.41) is 3.18. The fourth-order valence-corrected chi connectivity index (χ4v) is 1.69. The molecular weight excluding hydrogens is 268 g/mol. The maximum atomic E-state index is 11.4. The van der Waals surface area contributed by atoms with E-state index in [9.17, 15) is 9.59 Å². The first-order valence-electron chi connectivity index (χ1n) is 5.58. The molecule has 2 amide bonds. The summed E-state index contributed by atoms with van der Waals surface area (Å²) in [5.74, 6) is -1.12. The summed E-state index contributed by atoms with van der Waals surface area (Å²) >= 11 is 6.02. The Balaban J connectivity index is 3.08. The van der Waals surface area contributed by atoms with Gasteiger partial charge in [-0.2, -0.15) is 0 Å². The van der Waals surface area contributed by atoms with Crippen LogP contribution in [0.15, 0.2) is 12.1 Å². The molecule has 0 saturated carbocycles. The van der Waals surface area contributed by atoms with Crippen LogP contribution in [0.5, 0.6) is 0 Å². The zero-order chi connectivity index (χ0) is 14.8. The minimum absolute atomic E-state index is 0.172. The number of anilines is 2. The van der Waals surface area contributed by atoms with Gasteiger partial charge in [-0.25, -0.2) is 0 Å². The van der Waals surface area contributed by atoms with Gasteiger partial charge in [0.2, 0.25) is 5.91 Å². The summed E-state index contributed by atoms with van der Waals surface area (Å²) in [6.07, 6.45) is 0. The van der Waals surface area contributed by atoms with Crippen LogP contribution in [0, 0.1) is 5.41 Å². The van der Waals surface area contributed by atoms with Crippen molar-refractivity contribution in [2.45, 2.75) is 13.8 Å². The number of rotatable bonds is 5. The van der Waals surface area contributed by atoms with E-state index in [1.165, 1.54) is 12.1 Å². The maximum Gasteiger partial charge on any atom is 0.250 e. The summed E-state index contributed by atoms with van der Waals surface area (Å²) in [4.78, 5) is 22.6. The predicted molar refractivity (Wildman–Crippen MR) is 75.8 cm³/mol. The molecule has 0 atom stereocenters. The Labute approximate surface area is 116 Å². The normalized spacial score (nSPS) is 11.1. The lowest BCUT2D eigenvalue weighted by Gasteiger charge is -2.23. The van der Waals surface area contributed by atoms with Crippen LogP contribution in [-0.2, 0) is 4.79 Å². The van der Waals surface area contributed by atoms with Gasteiger partial charge in [0, 0.05) is 12.2 Å². The molecule has 0 heterocycles. The van der Waals surface area contributed by atoms with Crippen molar-refractivity contribution in [2.75, 3.05) is 17.6 Å². The van der Waals surface area contributed by atoms with Gasteiger partial charge in [-0.15, -0.1) is 0 Å². The second kappa shape index (κ2) is 5.36. The minimum Gasteiger partial charge on any atom is -0.399 e. The van der Waals surface area contributed by atoms with Crippen molar-refractivity contribution in [3.63, 3.8) is 0 Å². The van der Waals surface area contributed by atoms with Crippen LogP contribution in [0.2, 0.25) is 5.02 Å². The van der Waals surface area contributed by atoms with Gasteiger partial charge in [0.25, 0.3) is 5.91 Å². The van der Waals surface area contributed by atoms with Crippen LogP contribution >= 0.6 is 11.6 Å². The van der Waals surface area contributed by atoms with Gasteiger partial charge in [0.15, 0.2) is 0 Å². The molecular formula is C12H17ClN4O2. The van der Waals surface area contributed by atoms with E-state index in [0.717, 1.165) is 0 Å². The number of nitrogens with one attached hydrogen (secondary N) is 1. The van der Waals surface area contributed by atoms with Crippen LogP contribution in [0.3, 0.4) is 0 Å². The molecule has 19 heavy (non-hydrogen) atoms. The lowest BCUT2D eigenvalue weighted by molar-refractivity contribution is -0.125. The Kier molecular flexibility index (Phi) is 4.26. The molecule has 0 aromatic heterocycles. The highest BCUT2D eigenvalue weighted by atomic mass is 35.5. The topological polar surface area (TPSA) is 124 Å². The van der Waals surface area contributed by atoms with Gasteiger partial charge in [0.1, 0.15) is 0 Å². The summed E-state index contributed by atoms with van der Waals surface area (Å²) < 4.78 is 0. The van der Waals surface area contributed by atoms with Gasteiger partial charge < -0.3 is 22.5 Å². The number of primary amides is 2. The van der Waals surface area contributed by atoms with E-state index in [1.54, 1.807) is 13.8 Å². The second-order valence-corrected chi connectivity index (χ2v) is 5.30. The predicted octanol–water partition coefficient (Wildman–Crippen LogP) is 0.944. The number of halogens is 1. The molecule has 0 aliphatic carbocycles. The molecule has 0 aliphatic heterocycles. The highest BCUT2D eigenvalue weighted by molar-refractivity contribution is 6.34. The molecule has 0 bridgehead atoms. The molecule has 1 rings (SSSR count). The monoisotopic (exact) mass is 284 g/mol. The Morgan fingerprint density at radius 1 is 1.32 bits per heavy atom. The van der Waals surface area contributed by atoms with E-state index < -0.39 is 17.2 Å². The molecule has 7 N–H and O–H groups in total. The Bertz CT molecular complexity index is 529. The van der Waals surface area contributed by atoms with Crippen LogP contribution in [-0.4, -0.2) is 18.4 Å². The van der Waals surface area contributed by atoms with Crippen molar-refractivity contribution >= 4 is 34.8 Å². The molecule has 0 unspecified atom stereocenters. The number of benzene rings is 1. The lowest BCUT2D eigenvalue weighted by atomic mass is 9.92. The summed E-state index contributed by atoms with van der Waals surface area (Å²) in [7, 11) is 0. The molecule has 104 valence electrons. The Hall–Kier alpha value is -1.95. The number of hydrogen-bond acceptors (Lipinski definition) is 4. The third kappa shape index (κ3) is 3.51. The number of carbonyl (C=O) groups is 2. The van der Waals surface area contributed by atoms with E-state index in [0.29, 0.717) is 11.4 Å². The molecule has 6 nitrogen and oxygen atoms in total. The average Bonchev–Trinajstić information content (AvgIpc) is 2.26. The van der Waals surface area contributed by atoms with Gasteiger partial charge >= 0.3 is 0 Å². The first-order chi connectivity index (χ1) is 8.65. The minimum atomic E-state index is -0.792.